The van der Waals surface area contributed by atoms with Crippen molar-refractivity contribution in [1.82, 2.24) is 4.72 Å². The van der Waals surface area contributed by atoms with E-state index in [1.807, 2.05) is 0 Å². The highest BCUT2D eigenvalue weighted by Gasteiger charge is 2.36. The lowest BCUT2D eigenvalue weighted by atomic mass is 10.1. The largest absolute Gasteiger partial charge is 0.462 e. The predicted molar refractivity (Wildman–Crippen MR) is 82.2 cm³/mol. The molecule has 0 saturated carbocycles. The zero-order valence-electron chi connectivity index (χ0n) is 13.2. The summed E-state index contributed by atoms with van der Waals surface area (Å²) in [4.78, 5) is 23.0. The highest BCUT2D eigenvalue weighted by molar-refractivity contribution is 7.89. The molecule has 0 unspecified atom stereocenters. The molecule has 3 N–H and O–H groups in total. The van der Waals surface area contributed by atoms with Gasteiger partial charge in [0.25, 0.3) is 0 Å². The number of hydrogen-bond donors (Lipinski definition) is 2. The van der Waals surface area contributed by atoms with Gasteiger partial charge in [0.05, 0.1) is 23.7 Å². The molecule has 1 aromatic carbocycles. The molecular weight excluding hydrogens is 324 g/mol. The summed E-state index contributed by atoms with van der Waals surface area (Å²) < 4.78 is 36.7. The summed E-state index contributed by atoms with van der Waals surface area (Å²) in [5.41, 5.74) is 3.71. The van der Waals surface area contributed by atoms with Crippen LogP contribution in [0, 0.1) is 0 Å². The Labute approximate surface area is 135 Å². The van der Waals surface area contributed by atoms with Crippen molar-refractivity contribution in [2.75, 3.05) is 20.3 Å². The quantitative estimate of drug-likeness (QED) is 0.641. The van der Waals surface area contributed by atoms with Crippen molar-refractivity contribution in [1.29, 1.82) is 0 Å². The van der Waals surface area contributed by atoms with E-state index in [1.54, 1.807) is 6.92 Å². The second-order valence-electron chi connectivity index (χ2n) is 4.98. The monoisotopic (exact) mass is 344 g/mol. The Hall–Kier alpha value is -1.97. The van der Waals surface area contributed by atoms with Crippen LogP contribution in [0.15, 0.2) is 29.2 Å². The number of ether oxygens (including phenoxy) is 2. The first-order valence-corrected chi connectivity index (χ1v) is 8.24. The fraction of sp³-hybridized carbons (Fsp3) is 0.429. The first-order valence-electron chi connectivity index (χ1n) is 6.76. The molecule has 1 atom stereocenters. The number of benzene rings is 1. The molecule has 128 valence electrons. The van der Waals surface area contributed by atoms with Crippen LogP contribution >= 0.6 is 0 Å². The lowest BCUT2D eigenvalue weighted by Crippen LogP contribution is -2.58. The van der Waals surface area contributed by atoms with E-state index in [1.165, 1.54) is 32.2 Å². The lowest BCUT2D eigenvalue weighted by molar-refractivity contribution is -0.124. The second-order valence-corrected chi connectivity index (χ2v) is 6.67. The lowest BCUT2D eigenvalue weighted by Gasteiger charge is -2.26. The van der Waals surface area contributed by atoms with Crippen molar-refractivity contribution in [3.63, 3.8) is 0 Å². The number of rotatable bonds is 8. The van der Waals surface area contributed by atoms with E-state index in [2.05, 4.69) is 4.72 Å². The molecule has 23 heavy (non-hydrogen) atoms. The molecular formula is C14H20N2O6S. The van der Waals surface area contributed by atoms with Gasteiger partial charge in [0.1, 0.15) is 5.54 Å². The zero-order chi connectivity index (χ0) is 17.7. The van der Waals surface area contributed by atoms with Gasteiger partial charge in [-0.25, -0.2) is 13.2 Å². The van der Waals surface area contributed by atoms with Crippen LogP contribution in [0.2, 0.25) is 0 Å². The Morgan fingerprint density at radius 3 is 2.52 bits per heavy atom. The van der Waals surface area contributed by atoms with Crippen LogP contribution in [0.4, 0.5) is 0 Å². The van der Waals surface area contributed by atoms with E-state index >= 15 is 0 Å². The second kappa shape index (κ2) is 7.53. The molecule has 0 spiro atoms. The summed E-state index contributed by atoms with van der Waals surface area (Å²) in [6, 6.07) is 5.28. The smallest absolute Gasteiger partial charge is 0.338 e. The average Bonchev–Trinajstić information content (AvgIpc) is 2.47. The summed E-state index contributed by atoms with van der Waals surface area (Å²) in [6.45, 7) is 2.88. The maximum absolute atomic E-state index is 12.4. The number of carbonyl (C=O) groups excluding carboxylic acids is 2. The van der Waals surface area contributed by atoms with E-state index in [0.717, 1.165) is 6.07 Å². The number of carbonyl (C=O) groups is 2. The molecule has 9 heteroatoms. The Kier molecular flexibility index (Phi) is 6.25. The predicted octanol–water partition coefficient (Wildman–Crippen LogP) is 0.0320. The van der Waals surface area contributed by atoms with Gasteiger partial charge in [-0.3, -0.25) is 4.79 Å². The zero-order valence-corrected chi connectivity index (χ0v) is 14.0. The van der Waals surface area contributed by atoms with E-state index in [9.17, 15) is 18.0 Å². The van der Waals surface area contributed by atoms with Crippen molar-refractivity contribution < 1.29 is 27.5 Å². The molecule has 8 nitrogen and oxygen atoms in total. The average molecular weight is 344 g/mol. The SMILES string of the molecule is CCOC(=O)c1cccc(S(=O)(=O)N[C@](C)(COC)C(N)=O)c1. The minimum absolute atomic E-state index is 0.0854. The van der Waals surface area contributed by atoms with Gasteiger partial charge < -0.3 is 15.2 Å². The van der Waals surface area contributed by atoms with E-state index in [-0.39, 0.29) is 23.7 Å². The van der Waals surface area contributed by atoms with Gasteiger partial charge in [-0.2, -0.15) is 4.72 Å². The van der Waals surface area contributed by atoms with E-state index < -0.39 is 27.4 Å². The molecule has 1 amide bonds. The van der Waals surface area contributed by atoms with Crippen LogP contribution in [0.3, 0.4) is 0 Å². The number of esters is 1. The summed E-state index contributed by atoms with van der Waals surface area (Å²) >= 11 is 0. The Morgan fingerprint density at radius 1 is 1.35 bits per heavy atom. The Morgan fingerprint density at radius 2 is 2.00 bits per heavy atom. The molecule has 0 radical (unpaired) electrons. The van der Waals surface area contributed by atoms with Crippen molar-refractivity contribution in [2.45, 2.75) is 24.3 Å². The first kappa shape index (κ1) is 19.1. The molecule has 1 rings (SSSR count). The van der Waals surface area contributed by atoms with Crippen molar-refractivity contribution in [2.24, 2.45) is 5.73 Å². The number of amides is 1. The maximum atomic E-state index is 12.4. The van der Waals surface area contributed by atoms with Gasteiger partial charge in [-0.1, -0.05) is 6.07 Å². The van der Waals surface area contributed by atoms with Gasteiger partial charge in [0.2, 0.25) is 15.9 Å². The van der Waals surface area contributed by atoms with Crippen LogP contribution in [0.5, 0.6) is 0 Å². The van der Waals surface area contributed by atoms with Crippen LogP contribution in [-0.2, 0) is 24.3 Å². The van der Waals surface area contributed by atoms with Gasteiger partial charge in [0, 0.05) is 7.11 Å². The van der Waals surface area contributed by atoms with Crippen LogP contribution in [-0.4, -0.2) is 46.2 Å². The van der Waals surface area contributed by atoms with E-state index in [0.29, 0.717) is 0 Å². The standard InChI is InChI=1S/C14H20N2O6S/c1-4-22-12(17)10-6-5-7-11(8-10)23(19,20)16-14(2,9-21-3)13(15)18/h5-8,16H,4,9H2,1-3H3,(H2,15,18)/t14-/m1/s1. The number of hydrogen-bond acceptors (Lipinski definition) is 6. The normalized spacial score (nSPS) is 14.0. The van der Waals surface area contributed by atoms with E-state index in [4.69, 9.17) is 15.2 Å². The third-order valence-corrected chi connectivity index (χ3v) is 4.59. The number of nitrogens with two attached hydrogens (primary N) is 1. The molecule has 0 aliphatic carbocycles. The van der Waals surface area contributed by atoms with Gasteiger partial charge in [-0.05, 0) is 32.0 Å². The Balaban J connectivity index is 3.16. The van der Waals surface area contributed by atoms with Crippen LogP contribution in [0.1, 0.15) is 24.2 Å². The molecule has 0 aliphatic heterocycles. The third-order valence-electron chi connectivity index (χ3n) is 2.99. The number of methoxy groups -OCH3 is 1. The van der Waals surface area contributed by atoms with Crippen LogP contribution in [0.25, 0.3) is 0 Å². The minimum atomic E-state index is -4.09. The van der Waals surface area contributed by atoms with Crippen molar-refractivity contribution >= 4 is 21.9 Å². The third kappa shape index (κ3) is 4.75. The number of sulfonamides is 1. The van der Waals surface area contributed by atoms with Crippen LogP contribution < -0.4 is 10.5 Å². The summed E-state index contributed by atoms with van der Waals surface area (Å²) in [7, 11) is -2.78. The minimum Gasteiger partial charge on any atom is -0.462 e. The summed E-state index contributed by atoms with van der Waals surface area (Å²) in [6.07, 6.45) is 0. The first-order chi connectivity index (χ1) is 10.7. The number of nitrogens with one attached hydrogen (secondary N) is 1. The molecule has 0 aromatic heterocycles. The maximum Gasteiger partial charge on any atom is 0.338 e. The molecule has 0 fully saturated rings. The van der Waals surface area contributed by atoms with Crippen molar-refractivity contribution in [3.8, 4) is 0 Å². The fourth-order valence-electron chi connectivity index (χ4n) is 1.80. The Bertz CT molecular complexity index is 688. The molecule has 0 saturated heterocycles. The topological polar surface area (TPSA) is 125 Å². The fourth-order valence-corrected chi connectivity index (χ4v) is 3.21. The highest BCUT2D eigenvalue weighted by atomic mass is 32.2. The van der Waals surface area contributed by atoms with Gasteiger partial charge in [-0.15, -0.1) is 0 Å². The number of primary amides is 1. The highest BCUT2D eigenvalue weighted by Crippen LogP contribution is 2.16. The summed E-state index contributed by atoms with van der Waals surface area (Å²) in [5, 5.41) is 0. The molecule has 0 bridgehead atoms. The van der Waals surface area contributed by atoms with Gasteiger partial charge in [0.15, 0.2) is 0 Å². The van der Waals surface area contributed by atoms with Crippen molar-refractivity contribution in [3.05, 3.63) is 29.8 Å². The molecule has 0 aliphatic rings. The van der Waals surface area contributed by atoms with Gasteiger partial charge >= 0.3 is 5.97 Å². The summed E-state index contributed by atoms with van der Waals surface area (Å²) in [5.74, 6) is -1.52. The molecule has 1 aromatic rings. The molecule has 0 heterocycles.